The molecule has 0 saturated heterocycles. The van der Waals surface area contributed by atoms with Crippen LogP contribution in [-0.2, 0) is 40.8 Å². The van der Waals surface area contributed by atoms with Gasteiger partial charge in [-0.05, 0) is 13.8 Å². The largest absolute Gasteiger partial charge is 0.506 e. The number of rotatable bonds is 8. The predicted octanol–water partition coefficient (Wildman–Crippen LogP) is -0.335. The number of hydrogen-bond donors (Lipinski definition) is 8. The van der Waals surface area contributed by atoms with E-state index in [2.05, 4.69) is 9.97 Å². The number of Topliss-reactive ketones (excluding diaryl/α,β-unsaturated/α-hetero) is 1. The van der Waals surface area contributed by atoms with Crippen molar-refractivity contribution in [3.8, 4) is 11.5 Å². The van der Waals surface area contributed by atoms with Crippen LogP contribution >= 0.6 is 0 Å². The Balaban J connectivity index is 0.000000484. The highest BCUT2D eigenvalue weighted by atomic mass is 16.4. The van der Waals surface area contributed by atoms with Crippen LogP contribution in [0.1, 0.15) is 46.5 Å². The van der Waals surface area contributed by atoms with Crippen LogP contribution in [0, 0.1) is 13.8 Å². The lowest BCUT2D eigenvalue weighted by molar-refractivity contribution is -0.149. The van der Waals surface area contributed by atoms with Crippen molar-refractivity contribution >= 4 is 17.7 Å². The van der Waals surface area contributed by atoms with Crippen molar-refractivity contribution in [2.45, 2.75) is 53.1 Å². The summed E-state index contributed by atoms with van der Waals surface area (Å²) in [5.74, 6) is -3.90. The fraction of sp³-hybridized carbons (Fsp3) is 0.381. The van der Waals surface area contributed by atoms with Gasteiger partial charge >= 0.3 is 11.9 Å². The van der Waals surface area contributed by atoms with Crippen LogP contribution < -0.4 is 0 Å². The van der Waals surface area contributed by atoms with E-state index in [1.54, 1.807) is 13.8 Å². The van der Waals surface area contributed by atoms with Crippen LogP contribution in [0.3, 0.4) is 0 Å². The Morgan fingerprint density at radius 3 is 1.35 bits per heavy atom. The number of carboxylic acids is 2. The van der Waals surface area contributed by atoms with E-state index in [-0.39, 0.29) is 37.9 Å². The summed E-state index contributed by atoms with van der Waals surface area (Å²) in [5.41, 5.74) is 2.53. The van der Waals surface area contributed by atoms with Crippen LogP contribution in [0.5, 0.6) is 11.5 Å². The minimum atomic E-state index is -1.58. The number of ketones is 1. The topological polar surface area (TPSA) is 239 Å². The van der Waals surface area contributed by atoms with Gasteiger partial charge in [0, 0.05) is 41.1 Å². The summed E-state index contributed by atoms with van der Waals surface area (Å²) in [6.45, 7) is 2.24. The Labute approximate surface area is 194 Å². The number of pyridine rings is 2. The van der Waals surface area contributed by atoms with E-state index in [1.807, 2.05) is 0 Å². The van der Waals surface area contributed by atoms with Crippen molar-refractivity contribution in [2.75, 3.05) is 0 Å². The Hall–Kier alpha value is -3.65. The Bertz CT molecular complexity index is 934. The number of aliphatic hydroxyl groups excluding tert-OH is 4. The summed E-state index contributed by atoms with van der Waals surface area (Å²) < 4.78 is 0. The third-order valence-corrected chi connectivity index (χ3v) is 4.32. The van der Waals surface area contributed by atoms with Gasteiger partial charge in [0.2, 0.25) is 5.78 Å². The summed E-state index contributed by atoms with van der Waals surface area (Å²) >= 11 is 0. The summed E-state index contributed by atoms with van der Waals surface area (Å²) in [4.78, 5) is 37.4. The number of carboxylic acid groups (broad SMARTS) is 2. The van der Waals surface area contributed by atoms with Gasteiger partial charge < -0.3 is 40.9 Å². The standard InChI is InChI=1S/2C8H11NO3.C5H6O5/c2*1-5-8(12)7(4-11)6(3-10)2-9-5;6-3(5(9)10)1-2-4(7)8/h2*2,10-12H,3-4H2,1H3;1-2H2,(H,7,8)(H,9,10). The zero-order chi connectivity index (χ0) is 26.4. The highest BCUT2D eigenvalue weighted by Gasteiger charge is 2.12. The van der Waals surface area contributed by atoms with E-state index >= 15 is 0 Å². The molecule has 2 aromatic rings. The van der Waals surface area contributed by atoms with Gasteiger partial charge in [0.1, 0.15) is 11.5 Å². The molecule has 0 atom stereocenters. The lowest BCUT2D eigenvalue weighted by Gasteiger charge is -2.07. The molecule has 2 aromatic heterocycles. The quantitative estimate of drug-likeness (QED) is 0.224. The predicted molar refractivity (Wildman–Crippen MR) is 114 cm³/mol. The second kappa shape index (κ2) is 15.2. The highest BCUT2D eigenvalue weighted by molar-refractivity contribution is 6.32. The van der Waals surface area contributed by atoms with Crippen LogP contribution in [-0.4, -0.2) is 68.5 Å². The number of aromatic hydroxyl groups is 2. The number of aliphatic hydroxyl groups is 4. The zero-order valence-corrected chi connectivity index (χ0v) is 18.6. The zero-order valence-electron chi connectivity index (χ0n) is 18.6. The molecule has 13 nitrogen and oxygen atoms in total. The van der Waals surface area contributed by atoms with Crippen molar-refractivity contribution < 1.29 is 55.2 Å². The maximum absolute atomic E-state index is 10.2. The van der Waals surface area contributed by atoms with Crippen molar-refractivity contribution in [2.24, 2.45) is 0 Å². The van der Waals surface area contributed by atoms with Crippen molar-refractivity contribution in [1.82, 2.24) is 9.97 Å². The number of aliphatic carboxylic acids is 2. The summed E-state index contributed by atoms with van der Waals surface area (Å²) in [6.07, 6.45) is 2.02. The Morgan fingerprint density at radius 1 is 0.706 bits per heavy atom. The second-order valence-electron chi connectivity index (χ2n) is 6.65. The van der Waals surface area contributed by atoms with Crippen molar-refractivity contribution in [1.29, 1.82) is 0 Å². The molecule has 2 rings (SSSR count). The lowest BCUT2D eigenvalue weighted by Crippen LogP contribution is -2.13. The molecule has 0 fully saturated rings. The molecule has 188 valence electrons. The molecule has 2 heterocycles. The molecular formula is C21H28N2O11. The van der Waals surface area contributed by atoms with Crippen LogP contribution in [0.25, 0.3) is 0 Å². The maximum Gasteiger partial charge on any atom is 0.372 e. The molecule has 13 heteroatoms. The molecule has 0 bridgehead atoms. The smallest absolute Gasteiger partial charge is 0.372 e. The molecule has 0 saturated carbocycles. The molecule has 0 aliphatic heterocycles. The van der Waals surface area contributed by atoms with Gasteiger partial charge in [-0.1, -0.05) is 0 Å². The van der Waals surface area contributed by atoms with E-state index in [1.165, 1.54) is 12.4 Å². The van der Waals surface area contributed by atoms with E-state index in [9.17, 15) is 24.6 Å². The van der Waals surface area contributed by atoms with Crippen molar-refractivity contribution in [3.63, 3.8) is 0 Å². The number of aromatic nitrogens is 2. The van der Waals surface area contributed by atoms with Gasteiger partial charge in [0.05, 0.1) is 44.2 Å². The van der Waals surface area contributed by atoms with Crippen LogP contribution in [0.15, 0.2) is 12.4 Å². The third-order valence-electron chi connectivity index (χ3n) is 4.32. The Kier molecular flexibility index (Phi) is 13.6. The van der Waals surface area contributed by atoms with Gasteiger partial charge in [-0.2, -0.15) is 0 Å². The number of hydrogen-bond acceptors (Lipinski definition) is 11. The highest BCUT2D eigenvalue weighted by Crippen LogP contribution is 2.24. The molecule has 8 N–H and O–H groups in total. The summed E-state index contributed by atoms with van der Waals surface area (Å²) in [6, 6.07) is 0. The van der Waals surface area contributed by atoms with Gasteiger partial charge in [0.15, 0.2) is 0 Å². The molecule has 34 heavy (non-hydrogen) atoms. The van der Waals surface area contributed by atoms with Crippen LogP contribution in [0.2, 0.25) is 0 Å². The van der Waals surface area contributed by atoms with E-state index in [0.717, 1.165) is 0 Å². The molecule has 0 amide bonds. The normalized spacial score (nSPS) is 9.82. The first-order valence-electron chi connectivity index (χ1n) is 9.68. The van der Waals surface area contributed by atoms with E-state index in [4.69, 9.17) is 30.6 Å². The van der Waals surface area contributed by atoms with Crippen LogP contribution in [0.4, 0.5) is 0 Å². The second-order valence-corrected chi connectivity index (χ2v) is 6.65. The number of carbonyl (C=O) groups excluding carboxylic acids is 1. The maximum atomic E-state index is 10.2. The fourth-order valence-electron chi connectivity index (χ4n) is 2.32. The lowest BCUT2D eigenvalue weighted by atomic mass is 10.1. The molecule has 0 unspecified atom stereocenters. The van der Waals surface area contributed by atoms with E-state index in [0.29, 0.717) is 33.6 Å². The first-order valence-corrected chi connectivity index (χ1v) is 9.68. The number of carbonyl (C=O) groups is 3. The molecule has 0 aliphatic rings. The average Bonchev–Trinajstić information content (AvgIpc) is 2.81. The molecule has 0 radical (unpaired) electrons. The minimum Gasteiger partial charge on any atom is -0.506 e. The molecular weight excluding hydrogens is 456 g/mol. The van der Waals surface area contributed by atoms with Gasteiger partial charge in [-0.15, -0.1) is 0 Å². The average molecular weight is 484 g/mol. The molecule has 0 aromatic carbocycles. The first kappa shape index (κ1) is 30.3. The third kappa shape index (κ3) is 9.46. The fourth-order valence-corrected chi connectivity index (χ4v) is 2.32. The minimum absolute atomic E-state index is 0.0379. The van der Waals surface area contributed by atoms with Crippen molar-refractivity contribution in [3.05, 3.63) is 46.0 Å². The van der Waals surface area contributed by atoms with Gasteiger partial charge in [-0.25, -0.2) is 4.79 Å². The number of nitrogens with zero attached hydrogens (tertiary/aromatic N) is 2. The first-order chi connectivity index (χ1) is 15.9. The molecule has 0 spiro atoms. The molecule has 0 aliphatic carbocycles. The Morgan fingerprint density at radius 2 is 1.09 bits per heavy atom. The summed E-state index contributed by atoms with van der Waals surface area (Å²) in [5, 5.41) is 70.0. The number of aryl methyl sites for hydroxylation is 2. The SMILES string of the molecule is Cc1ncc(CO)c(CO)c1O.Cc1ncc(CO)c(CO)c1O.O=C(O)CCC(=O)C(=O)O. The van der Waals surface area contributed by atoms with Gasteiger partial charge in [0.25, 0.3) is 0 Å². The van der Waals surface area contributed by atoms with E-state index < -0.39 is 30.6 Å². The summed E-state index contributed by atoms with van der Waals surface area (Å²) in [7, 11) is 0. The monoisotopic (exact) mass is 484 g/mol. The van der Waals surface area contributed by atoms with Gasteiger partial charge in [-0.3, -0.25) is 19.6 Å².